The van der Waals surface area contributed by atoms with Crippen molar-refractivity contribution < 1.29 is 23.7 Å². The predicted molar refractivity (Wildman–Crippen MR) is 73.7 cm³/mol. The number of ether oxygens (including phenoxy) is 4. The van der Waals surface area contributed by atoms with Gasteiger partial charge in [-0.25, -0.2) is 0 Å². The summed E-state index contributed by atoms with van der Waals surface area (Å²) in [5.41, 5.74) is 0. The van der Waals surface area contributed by atoms with Crippen molar-refractivity contribution in [1.82, 2.24) is 19.9 Å². The molecule has 0 aliphatic rings. The predicted octanol–water partition coefficient (Wildman–Crippen LogP) is 0.532. The Kier molecular flexibility index (Phi) is 4.66. The number of carbonyl (C=O) groups is 1. The molecule has 0 unspecified atom stereocenters. The van der Waals surface area contributed by atoms with Crippen LogP contribution in [0.5, 0.6) is 23.5 Å². The molecule has 0 N–H and O–H groups in total. The molecular formula is C13H14N4O5. The molecule has 116 valence electrons. The van der Waals surface area contributed by atoms with Crippen molar-refractivity contribution in [3.8, 4) is 23.5 Å². The summed E-state index contributed by atoms with van der Waals surface area (Å²) in [4.78, 5) is 28.3. The summed E-state index contributed by atoms with van der Waals surface area (Å²) in [6.07, 6.45) is 0. The standard InChI is InChI=1S/C13H14N4O5/c1-19-7-5-8(20-2)15-12(14-7)11(18)13-16-9(21-3)6-10(17-13)22-4/h5-6H,1-4H3. The molecule has 9 nitrogen and oxygen atoms in total. The van der Waals surface area contributed by atoms with E-state index in [-0.39, 0.29) is 35.2 Å². The van der Waals surface area contributed by atoms with Crippen LogP contribution in [-0.4, -0.2) is 54.2 Å². The maximum Gasteiger partial charge on any atom is 0.267 e. The second kappa shape index (κ2) is 6.66. The minimum absolute atomic E-state index is 0.161. The molecule has 2 aromatic rings. The van der Waals surface area contributed by atoms with Gasteiger partial charge in [-0.05, 0) is 0 Å². The molecule has 2 heterocycles. The third kappa shape index (κ3) is 3.19. The smallest absolute Gasteiger partial charge is 0.267 e. The van der Waals surface area contributed by atoms with E-state index in [1.807, 2.05) is 0 Å². The van der Waals surface area contributed by atoms with Crippen molar-refractivity contribution in [3.05, 3.63) is 23.8 Å². The van der Waals surface area contributed by atoms with Crippen LogP contribution >= 0.6 is 0 Å². The van der Waals surface area contributed by atoms with Gasteiger partial charge in [-0.15, -0.1) is 0 Å². The van der Waals surface area contributed by atoms with Gasteiger partial charge in [0.2, 0.25) is 35.2 Å². The van der Waals surface area contributed by atoms with Gasteiger partial charge in [0.25, 0.3) is 5.78 Å². The largest absolute Gasteiger partial charge is 0.481 e. The highest BCUT2D eigenvalue weighted by Crippen LogP contribution is 2.19. The number of methoxy groups -OCH3 is 4. The molecular weight excluding hydrogens is 292 g/mol. The van der Waals surface area contributed by atoms with Gasteiger partial charge in [-0.2, -0.15) is 19.9 Å². The van der Waals surface area contributed by atoms with Gasteiger partial charge in [0, 0.05) is 0 Å². The second-order valence-corrected chi connectivity index (χ2v) is 3.88. The summed E-state index contributed by atoms with van der Waals surface area (Å²) in [7, 11) is 5.67. The summed E-state index contributed by atoms with van der Waals surface area (Å²) < 4.78 is 20.0. The molecule has 0 saturated heterocycles. The van der Waals surface area contributed by atoms with E-state index in [4.69, 9.17) is 18.9 Å². The van der Waals surface area contributed by atoms with Crippen LogP contribution in [-0.2, 0) is 0 Å². The molecule has 22 heavy (non-hydrogen) atoms. The van der Waals surface area contributed by atoms with Crippen molar-refractivity contribution in [1.29, 1.82) is 0 Å². The highest BCUT2D eigenvalue weighted by atomic mass is 16.5. The SMILES string of the molecule is COc1cc(OC)nc(C(=O)c2nc(OC)cc(OC)n2)n1. The summed E-state index contributed by atoms with van der Waals surface area (Å²) in [5.74, 6) is -0.197. The van der Waals surface area contributed by atoms with Gasteiger partial charge >= 0.3 is 0 Å². The Morgan fingerprint density at radius 2 is 0.955 bits per heavy atom. The van der Waals surface area contributed by atoms with Crippen LogP contribution in [0.3, 0.4) is 0 Å². The molecule has 9 heteroatoms. The van der Waals surface area contributed by atoms with Gasteiger partial charge in [-0.3, -0.25) is 4.79 Å². The first-order chi connectivity index (χ1) is 10.6. The number of carbonyl (C=O) groups excluding carboxylic acids is 1. The molecule has 0 amide bonds. The minimum atomic E-state index is -0.616. The van der Waals surface area contributed by atoms with Crippen LogP contribution in [0.15, 0.2) is 12.1 Å². The lowest BCUT2D eigenvalue weighted by molar-refractivity contribution is 0.101. The fourth-order valence-corrected chi connectivity index (χ4v) is 1.53. The van der Waals surface area contributed by atoms with Crippen molar-refractivity contribution in [2.45, 2.75) is 0 Å². The summed E-state index contributed by atoms with van der Waals surface area (Å²) in [6.45, 7) is 0. The Labute approximate surface area is 126 Å². The number of ketones is 1. The lowest BCUT2D eigenvalue weighted by Crippen LogP contribution is -2.13. The molecule has 0 aromatic carbocycles. The monoisotopic (exact) mass is 306 g/mol. The Morgan fingerprint density at radius 3 is 1.18 bits per heavy atom. The van der Waals surface area contributed by atoms with E-state index >= 15 is 0 Å². The van der Waals surface area contributed by atoms with Gasteiger partial charge in [-0.1, -0.05) is 0 Å². The fraction of sp³-hybridized carbons (Fsp3) is 0.308. The van der Waals surface area contributed by atoms with Gasteiger partial charge in [0.1, 0.15) is 0 Å². The van der Waals surface area contributed by atoms with E-state index < -0.39 is 5.78 Å². The van der Waals surface area contributed by atoms with Gasteiger partial charge in [0.05, 0.1) is 40.6 Å². The molecule has 2 aromatic heterocycles. The van der Waals surface area contributed by atoms with E-state index in [0.717, 1.165) is 0 Å². The maximum atomic E-state index is 12.4. The molecule has 0 saturated carbocycles. The quantitative estimate of drug-likeness (QED) is 0.706. The third-order valence-electron chi connectivity index (χ3n) is 2.60. The van der Waals surface area contributed by atoms with Crippen LogP contribution in [0.1, 0.15) is 16.4 Å². The van der Waals surface area contributed by atoms with E-state index in [1.165, 1.54) is 40.6 Å². The highest BCUT2D eigenvalue weighted by molar-refractivity contribution is 6.04. The molecule has 0 aliphatic heterocycles. The van der Waals surface area contributed by atoms with Crippen LogP contribution in [0.2, 0.25) is 0 Å². The topological polar surface area (TPSA) is 106 Å². The average molecular weight is 306 g/mol. The summed E-state index contributed by atoms with van der Waals surface area (Å²) in [6, 6.07) is 2.90. The summed E-state index contributed by atoms with van der Waals surface area (Å²) >= 11 is 0. The first-order valence-electron chi connectivity index (χ1n) is 6.10. The van der Waals surface area contributed by atoms with Crippen LogP contribution in [0.4, 0.5) is 0 Å². The van der Waals surface area contributed by atoms with Crippen molar-refractivity contribution in [2.75, 3.05) is 28.4 Å². The number of aromatic nitrogens is 4. The van der Waals surface area contributed by atoms with Gasteiger partial charge < -0.3 is 18.9 Å². The number of hydrogen-bond acceptors (Lipinski definition) is 9. The molecule has 0 fully saturated rings. The zero-order valence-corrected chi connectivity index (χ0v) is 12.5. The average Bonchev–Trinajstić information content (AvgIpc) is 2.59. The molecule has 0 radical (unpaired) electrons. The Balaban J connectivity index is 2.47. The highest BCUT2D eigenvalue weighted by Gasteiger charge is 2.20. The fourth-order valence-electron chi connectivity index (χ4n) is 1.53. The lowest BCUT2D eigenvalue weighted by atomic mass is 10.3. The van der Waals surface area contributed by atoms with E-state index in [0.29, 0.717) is 0 Å². The lowest BCUT2D eigenvalue weighted by Gasteiger charge is -2.07. The van der Waals surface area contributed by atoms with Crippen molar-refractivity contribution in [2.24, 2.45) is 0 Å². The van der Waals surface area contributed by atoms with Crippen LogP contribution < -0.4 is 18.9 Å². The minimum Gasteiger partial charge on any atom is -0.481 e. The van der Waals surface area contributed by atoms with Crippen molar-refractivity contribution in [3.63, 3.8) is 0 Å². The van der Waals surface area contributed by atoms with Crippen molar-refractivity contribution >= 4 is 5.78 Å². The molecule has 0 spiro atoms. The molecule has 0 bridgehead atoms. The third-order valence-corrected chi connectivity index (χ3v) is 2.60. The number of nitrogens with zero attached hydrogens (tertiary/aromatic N) is 4. The van der Waals surface area contributed by atoms with E-state index in [2.05, 4.69) is 19.9 Å². The van der Waals surface area contributed by atoms with Gasteiger partial charge in [0.15, 0.2) is 0 Å². The number of rotatable bonds is 6. The van der Waals surface area contributed by atoms with E-state index in [9.17, 15) is 4.79 Å². The Morgan fingerprint density at radius 1 is 0.682 bits per heavy atom. The Hall–Kier alpha value is -2.97. The molecule has 0 atom stereocenters. The first kappa shape index (κ1) is 15.4. The Bertz CT molecular complexity index is 590. The maximum absolute atomic E-state index is 12.4. The summed E-state index contributed by atoms with van der Waals surface area (Å²) in [5, 5.41) is 0. The number of hydrogen-bond donors (Lipinski definition) is 0. The second-order valence-electron chi connectivity index (χ2n) is 3.88. The zero-order chi connectivity index (χ0) is 16.1. The normalized spacial score (nSPS) is 10.0. The zero-order valence-electron chi connectivity index (χ0n) is 12.5. The first-order valence-corrected chi connectivity index (χ1v) is 6.10. The molecule has 2 rings (SSSR count). The molecule has 0 aliphatic carbocycles. The van der Waals surface area contributed by atoms with Crippen LogP contribution in [0.25, 0.3) is 0 Å². The van der Waals surface area contributed by atoms with E-state index in [1.54, 1.807) is 0 Å². The van der Waals surface area contributed by atoms with Crippen LogP contribution in [0, 0.1) is 0 Å².